The molecule has 1 heterocycles. The van der Waals surface area contributed by atoms with Gasteiger partial charge in [0.2, 0.25) is 0 Å². The minimum atomic E-state index is -0.101. The predicted molar refractivity (Wildman–Crippen MR) is 77.9 cm³/mol. The van der Waals surface area contributed by atoms with Gasteiger partial charge in [0.15, 0.2) is 0 Å². The van der Waals surface area contributed by atoms with E-state index in [-0.39, 0.29) is 5.91 Å². The summed E-state index contributed by atoms with van der Waals surface area (Å²) >= 11 is 5.88. The molecule has 0 aliphatic rings. The molecule has 0 aliphatic heterocycles. The van der Waals surface area contributed by atoms with Crippen LogP contribution in [0.25, 0.3) is 0 Å². The molecular formula is C15H15ClN2O. The van der Waals surface area contributed by atoms with E-state index >= 15 is 0 Å². The summed E-state index contributed by atoms with van der Waals surface area (Å²) in [6.45, 7) is 3.83. The first-order valence-electron chi connectivity index (χ1n) is 5.96. The van der Waals surface area contributed by atoms with Gasteiger partial charge >= 0.3 is 0 Å². The molecule has 0 aliphatic carbocycles. The van der Waals surface area contributed by atoms with Gasteiger partial charge < -0.3 is 4.90 Å². The lowest BCUT2D eigenvalue weighted by atomic mass is 10.2. The van der Waals surface area contributed by atoms with E-state index in [1.807, 2.05) is 38.1 Å². The second kappa shape index (κ2) is 5.41. The van der Waals surface area contributed by atoms with Gasteiger partial charge in [-0.1, -0.05) is 29.3 Å². The minimum Gasteiger partial charge on any atom is -0.311 e. The summed E-state index contributed by atoms with van der Waals surface area (Å²) < 4.78 is 0. The monoisotopic (exact) mass is 274 g/mol. The summed E-state index contributed by atoms with van der Waals surface area (Å²) in [6, 6.07) is 11.1. The molecule has 1 aromatic carbocycles. The topological polar surface area (TPSA) is 33.2 Å². The van der Waals surface area contributed by atoms with Crippen molar-refractivity contribution in [3.63, 3.8) is 0 Å². The van der Waals surface area contributed by atoms with Gasteiger partial charge in [-0.15, -0.1) is 0 Å². The van der Waals surface area contributed by atoms with Crippen LogP contribution in [0.4, 0.5) is 5.69 Å². The van der Waals surface area contributed by atoms with Crippen LogP contribution in [0.15, 0.2) is 36.4 Å². The normalized spacial score (nSPS) is 10.3. The number of nitrogens with zero attached hydrogens (tertiary/aromatic N) is 2. The number of anilines is 1. The SMILES string of the molecule is Cc1ccc(N(C)C(=O)c2cc(C)nc(Cl)c2)cc1. The molecule has 0 spiro atoms. The second-order valence-electron chi connectivity index (χ2n) is 4.52. The maximum absolute atomic E-state index is 12.4. The molecule has 2 aromatic rings. The second-order valence-corrected chi connectivity index (χ2v) is 4.91. The van der Waals surface area contributed by atoms with Crippen molar-refractivity contribution in [2.45, 2.75) is 13.8 Å². The van der Waals surface area contributed by atoms with E-state index in [1.54, 1.807) is 24.1 Å². The summed E-state index contributed by atoms with van der Waals surface area (Å²) in [5.74, 6) is -0.101. The smallest absolute Gasteiger partial charge is 0.258 e. The van der Waals surface area contributed by atoms with Gasteiger partial charge in [0.1, 0.15) is 5.15 Å². The van der Waals surface area contributed by atoms with Crippen molar-refractivity contribution in [2.24, 2.45) is 0 Å². The zero-order chi connectivity index (χ0) is 14.0. The molecule has 0 unspecified atom stereocenters. The van der Waals surface area contributed by atoms with Crippen molar-refractivity contribution >= 4 is 23.2 Å². The number of hydrogen-bond acceptors (Lipinski definition) is 2. The molecule has 0 atom stereocenters. The van der Waals surface area contributed by atoms with Crippen molar-refractivity contribution in [1.29, 1.82) is 0 Å². The third-order valence-electron chi connectivity index (χ3n) is 2.90. The highest BCUT2D eigenvalue weighted by atomic mass is 35.5. The number of aromatic nitrogens is 1. The number of carbonyl (C=O) groups excluding carboxylic acids is 1. The molecule has 3 nitrogen and oxygen atoms in total. The zero-order valence-electron chi connectivity index (χ0n) is 11.1. The summed E-state index contributed by atoms with van der Waals surface area (Å²) in [7, 11) is 1.75. The Morgan fingerprint density at radius 2 is 1.79 bits per heavy atom. The van der Waals surface area contributed by atoms with E-state index in [4.69, 9.17) is 11.6 Å². The van der Waals surface area contributed by atoms with Crippen molar-refractivity contribution < 1.29 is 4.79 Å². The van der Waals surface area contributed by atoms with E-state index in [0.29, 0.717) is 10.7 Å². The first-order chi connectivity index (χ1) is 8.97. The fraction of sp³-hybridized carbons (Fsp3) is 0.200. The van der Waals surface area contributed by atoms with Crippen LogP contribution in [0.1, 0.15) is 21.6 Å². The Morgan fingerprint density at radius 1 is 1.16 bits per heavy atom. The molecule has 1 amide bonds. The van der Waals surface area contributed by atoms with Gasteiger partial charge in [0, 0.05) is 24.0 Å². The third kappa shape index (κ3) is 3.12. The van der Waals surface area contributed by atoms with Gasteiger partial charge in [-0.05, 0) is 38.1 Å². The third-order valence-corrected chi connectivity index (χ3v) is 3.09. The van der Waals surface area contributed by atoms with Crippen LogP contribution in [0.3, 0.4) is 0 Å². The van der Waals surface area contributed by atoms with E-state index in [0.717, 1.165) is 16.9 Å². The Labute approximate surface area is 117 Å². The number of amides is 1. The van der Waals surface area contributed by atoms with E-state index in [2.05, 4.69) is 4.98 Å². The zero-order valence-corrected chi connectivity index (χ0v) is 11.9. The molecule has 2 rings (SSSR count). The van der Waals surface area contributed by atoms with Gasteiger partial charge in [0.05, 0.1) is 0 Å². The summed E-state index contributed by atoms with van der Waals surface area (Å²) in [5.41, 5.74) is 3.28. The Balaban J connectivity index is 2.30. The first-order valence-corrected chi connectivity index (χ1v) is 6.34. The molecule has 0 saturated carbocycles. The van der Waals surface area contributed by atoms with Crippen LogP contribution in [0, 0.1) is 13.8 Å². The lowest BCUT2D eigenvalue weighted by Crippen LogP contribution is -2.26. The lowest BCUT2D eigenvalue weighted by molar-refractivity contribution is 0.0993. The number of halogens is 1. The maximum atomic E-state index is 12.4. The highest BCUT2D eigenvalue weighted by Gasteiger charge is 2.14. The van der Waals surface area contributed by atoms with Gasteiger partial charge in [-0.25, -0.2) is 4.98 Å². The van der Waals surface area contributed by atoms with E-state index in [9.17, 15) is 4.79 Å². The van der Waals surface area contributed by atoms with Crippen LogP contribution in [-0.4, -0.2) is 17.9 Å². The van der Waals surface area contributed by atoms with Crippen LogP contribution in [0.5, 0.6) is 0 Å². The molecular weight excluding hydrogens is 260 g/mol. The van der Waals surface area contributed by atoms with Crippen LogP contribution in [0.2, 0.25) is 5.15 Å². The first kappa shape index (κ1) is 13.6. The van der Waals surface area contributed by atoms with Gasteiger partial charge in [0.25, 0.3) is 5.91 Å². The Bertz CT molecular complexity index is 588. The van der Waals surface area contributed by atoms with Crippen LogP contribution in [-0.2, 0) is 0 Å². The van der Waals surface area contributed by atoms with Gasteiger partial charge in [-0.3, -0.25) is 4.79 Å². The average molecular weight is 275 g/mol. The minimum absolute atomic E-state index is 0.101. The fourth-order valence-corrected chi connectivity index (χ4v) is 2.08. The largest absolute Gasteiger partial charge is 0.311 e. The molecule has 4 heteroatoms. The Kier molecular flexibility index (Phi) is 3.86. The molecule has 98 valence electrons. The fourth-order valence-electron chi connectivity index (χ4n) is 1.83. The molecule has 1 aromatic heterocycles. The number of carbonyl (C=O) groups is 1. The van der Waals surface area contributed by atoms with E-state index < -0.39 is 0 Å². The highest BCUT2D eigenvalue weighted by molar-refractivity contribution is 6.29. The van der Waals surface area contributed by atoms with Crippen LogP contribution < -0.4 is 4.90 Å². The molecule has 19 heavy (non-hydrogen) atoms. The quantitative estimate of drug-likeness (QED) is 0.784. The highest BCUT2D eigenvalue weighted by Crippen LogP contribution is 2.18. The summed E-state index contributed by atoms with van der Waals surface area (Å²) in [5, 5.41) is 0.334. The average Bonchev–Trinajstić information content (AvgIpc) is 2.37. The van der Waals surface area contributed by atoms with Crippen molar-refractivity contribution in [1.82, 2.24) is 4.98 Å². The van der Waals surface area contributed by atoms with Crippen molar-refractivity contribution in [2.75, 3.05) is 11.9 Å². The summed E-state index contributed by atoms with van der Waals surface area (Å²) in [4.78, 5) is 18.0. The number of rotatable bonds is 2. The van der Waals surface area contributed by atoms with Crippen LogP contribution >= 0.6 is 11.6 Å². The number of pyridine rings is 1. The van der Waals surface area contributed by atoms with Gasteiger partial charge in [-0.2, -0.15) is 0 Å². The molecule has 0 saturated heterocycles. The Hall–Kier alpha value is -1.87. The number of aryl methyl sites for hydroxylation is 2. The maximum Gasteiger partial charge on any atom is 0.258 e. The molecule has 0 radical (unpaired) electrons. The molecule has 0 fully saturated rings. The van der Waals surface area contributed by atoms with E-state index in [1.165, 1.54) is 0 Å². The number of benzene rings is 1. The Morgan fingerprint density at radius 3 is 2.37 bits per heavy atom. The number of hydrogen-bond donors (Lipinski definition) is 0. The summed E-state index contributed by atoms with van der Waals surface area (Å²) in [6.07, 6.45) is 0. The standard InChI is InChI=1S/C15H15ClN2O/c1-10-4-6-13(7-5-10)18(3)15(19)12-8-11(2)17-14(16)9-12/h4-9H,1-3H3. The molecule has 0 N–H and O–H groups in total. The lowest BCUT2D eigenvalue weighted by Gasteiger charge is -2.18. The predicted octanol–water partition coefficient (Wildman–Crippen LogP) is 3.63. The molecule has 0 bridgehead atoms. The van der Waals surface area contributed by atoms with Crippen molar-refractivity contribution in [3.05, 3.63) is 58.4 Å². The van der Waals surface area contributed by atoms with Crippen molar-refractivity contribution in [3.8, 4) is 0 Å².